The third kappa shape index (κ3) is 3.77. The molecule has 1 amide bonds. The third-order valence-corrected chi connectivity index (χ3v) is 5.53. The van der Waals surface area contributed by atoms with Gasteiger partial charge in [-0.3, -0.25) is 4.79 Å². The van der Waals surface area contributed by atoms with Crippen molar-refractivity contribution in [3.05, 3.63) is 36.4 Å². The lowest BCUT2D eigenvalue weighted by Crippen LogP contribution is -2.39. The first-order chi connectivity index (χ1) is 12.2. The first-order valence-electron chi connectivity index (χ1n) is 8.35. The number of para-hydroxylation sites is 1. The molecule has 7 heteroatoms. The molecule has 0 radical (unpaired) electrons. The second-order valence-corrected chi connectivity index (χ2v) is 7.27. The zero-order valence-corrected chi connectivity index (χ0v) is 16.0. The summed E-state index contributed by atoms with van der Waals surface area (Å²) in [6.45, 7) is 0.955. The van der Waals surface area contributed by atoms with Crippen LogP contribution in [0.15, 0.2) is 40.8 Å². The summed E-state index contributed by atoms with van der Waals surface area (Å²) in [6.07, 6.45) is 0.453. The number of furan rings is 1. The molecule has 1 fully saturated rings. The van der Waals surface area contributed by atoms with Gasteiger partial charge in [0, 0.05) is 47.4 Å². The van der Waals surface area contributed by atoms with Crippen molar-refractivity contribution in [1.82, 2.24) is 5.32 Å². The normalized spacial score (nSPS) is 17.0. The van der Waals surface area contributed by atoms with Gasteiger partial charge in [-0.25, -0.2) is 0 Å². The van der Waals surface area contributed by atoms with Crippen LogP contribution in [-0.4, -0.2) is 37.1 Å². The molecule has 1 unspecified atom stereocenters. The quantitative estimate of drug-likeness (QED) is 0.701. The Morgan fingerprint density at radius 3 is 2.92 bits per heavy atom. The molecule has 2 N–H and O–H groups in total. The average molecular weight is 393 g/mol. The van der Waals surface area contributed by atoms with Crippen molar-refractivity contribution in [2.75, 3.05) is 30.5 Å². The van der Waals surface area contributed by atoms with Crippen LogP contribution in [0.3, 0.4) is 0 Å². The van der Waals surface area contributed by atoms with Crippen molar-refractivity contribution in [3.63, 3.8) is 0 Å². The fraction of sp³-hybridized carbons (Fsp3) is 0.316. The number of benzene rings is 2. The summed E-state index contributed by atoms with van der Waals surface area (Å²) < 4.78 is 11.4. The summed E-state index contributed by atoms with van der Waals surface area (Å²) >= 11 is 1.88. The minimum Gasteiger partial charge on any atom is -0.495 e. The number of hydrogen-bond acceptors (Lipinski definition) is 5. The van der Waals surface area contributed by atoms with E-state index in [4.69, 9.17) is 9.15 Å². The fourth-order valence-corrected chi connectivity index (χ4v) is 4.14. The molecule has 1 saturated heterocycles. The van der Waals surface area contributed by atoms with Crippen molar-refractivity contribution < 1.29 is 13.9 Å². The van der Waals surface area contributed by atoms with Crippen LogP contribution in [0.2, 0.25) is 0 Å². The minimum atomic E-state index is -0.0197. The summed E-state index contributed by atoms with van der Waals surface area (Å²) in [7, 11) is 1.61. The third-order valence-electron chi connectivity index (χ3n) is 4.40. The van der Waals surface area contributed by atoms with E-state index >= 15 is 0 Å². The lowest BCUT2D eigenvalue weighted by Gasteiger charge is -2.22. The van der Waals surface area contributed by atoms with Crippen molar-refractivity contribution in [2.24, 2.45) is 0 Å². The summed E-state index contributed by atoms with van der Waals surface area (Å²) in [5.74, 6) is 2.69. The molecule has 1 aliphatic rings. The summed E-state index contributed by atoms with van der Waals surface area (Å²) in [5, 5.41) is 8.37. The number of amides is 1. The van der Waals surface area contributed by atoms with Crippen LogP contribution >= 0.6 is 24.2 Å². The van der Waals surface area contributed by atoms with Gasteiger partial charge < -0.3 is 19.8 Å². The van der Waals surface area contributed by atoms with Crippen LogP contribution in [0, 0.1) is 0 Å². The Kier molecular flexibility index (Phi) is 5.96. The Balaban J connectivity index is 0.00000196. The molecule has 3 aromatic rings. The highest BCUT2D eigenvalue weighted by atomic mass is 35.5. The van der Waals surface area contributed by atoms with Gasteiger partial charge >= 0.3 is 0 Å². The molecule has 26 heavy (non-hydrogen) atoms. The highest BCUT2D eigenvalue weighted by Crippen LogP contribution is 2.36. The maximum atomic E-state index is 12.4. The number of carbonyl (C=O) groups excluding carboxylic acids is 1. The van der Waals surface area contributed by atoms with E-state index in [1.807, 2.05) is 48.2 Å². The van der Waals surface area contributed by atoms with Crippen LogP contribution in [0.25, 0.3) is 21.9 Å². The van der Waals surface area contributed by atoms with Gasteiger partial charge in [0.1, 0.15) is 16.9 Å². The van der Waals surface area contributed by atoms with Gasteiger partial charge in [0.2, 0.25) is 5.91 Å². The molecule has 0 bridgehead atoms. The molecule has 1 atom stereocenters. The number of rotatable bonds is 4. The zero-order valence-electron chi connectivity index (χ0n) is 14.4. The van der Waals surface area contributed by atoms with E-state index in [0.717, 1.165) is 40.0 Å². The van der Waals surface area contributed by atoms with Gasteiger partial charge in [-0.2, -0.15) is 11.8 Å². The number of fused-ring (bicyclic) bond motifs is 3. The molecule has 2 aromatic carbocycles. The van der Waals surface area contributed by atoms with Crippen LogP contribution in [0.1, 0.15) is 6.42 Å². The van der Waals surface area contributed by atoms with Crippen LogP contribution in [0.5, 0.6) is 5.75 Å². The van der Waals surface area contributed by atoms with E-state index in [1.165, 1.54) is 0 Å². The number of ether oxygens (including phenoxy) is 1. The van der Waals surface area contributed by atoms with Crippen LogP contribution in [0.4, 0.5) is 5.69 Å². The van der Waals surface area contributed by atoms with E-state index in [0.29, 0.717) is 17.9 Å². The van der Waals surface area contributed by atoms with Crippen molar-refractivity contribution in [2.45, 2.75) is 12.5 Å². The summed E-state index contributed by atoms with van der Waals surface area (Å²) in [6, 6.07) is 11.9. The number of anilines is 1. The van der Waals surface area contributed by atoms with Crippen molar-refractivity contribution >= 4 is 57.7 Å². The molecule has 138 valence electrons. The lowest BCUT2D eigenvalue weighted by atomic mass is 10.1. The Hall–Kier alpha value is -1.89. The number of hydrogen-bond donors (Lipinski definition) is 2. The maximum Gasteiger partial charge on any atom is 0.226 e. The number of thioether (sulfide) groups is 1. The summed E-state index contributed by atoms with van der Waals surface area (Å²) in [5.41, 5.74) is 2.21. The van der Waals surface area contributed by atoms with Gasteiger partial charge in [-0.1, -0.05) is 18.2 Å². The monoisotopic (exact) mass is 392 g/mol. The molecule has 5 nitrogen and oxygen atoms in total. The maximum absolute atomic E-state index is 12.4. The largest absolute Gasteiger partial charge is 0.495 e. The highest BCUT2D eigenvalue weighted by Gasteiger charge is 2.19. The second kappa shape index (κ2) is 8.20. The Morgan fingerprint density at radius 1 is 1.31 bits per heavy atom. The summed E-state index contributed by atoms with van der Waals surface area (Å²) in [4.78, 5) is 12.4. The molecular formula is C19H21ClN2O3S. The minimum absolute atomic E-state index is 0. The smallest absolute Gasteiger partial charge is 0.226 e. The predicted molar refractivity (Wildman–Crippen MR) is 110 cm³/mol. The van der Waals surface area contributed by atoms with E-state index in [1.54, 1.807) is 7.11 Å². The van der Waals surface area contributed by atoms with E-state index in [9.17, 15) is 4.79 Å². The topological polar surface area (TPSA) is 63.5 Å². The van der Waals surface area contributed by atoms with Gasteiger partial charge in [0.25, 0.3) is 0 Å². The van der Waals surface area contributed by atoms with Gasteiger partial charge in [0.05, 0.1) is 12.8 Å². The van der Waals surface area contributed by atoms with Crippen molar-refractivity contribution in [1.29, 1.82) is 0 Å². The fourth-order valence-electron chi connectivity index (χ4n) is 3.19. The van der Waals surface area contributed by atoms with Gasteiger partial charge in [-0.15, -0.1) is 12.4 Å². The lowest BCUT2D eigenvalue weighted by molar-refractivity contribution is -0.116. The number of nitrogens with one attached hydrogen (secondary N) is 2. The Labute approximate surface area is 162 Å². The first-order valence-corrected chi connectivity index (χ1v) is 9.50. The predicted octanol–water partition coefficient (Wildman–Crippen LogP) is 4.05. The number of methoxy groups -OCH3 is 1. The zero-order chi connectivity index (χ0) is 17.2. The number of halogens is 1. The van der Waals surface area contributed by atoms with Crippen molar-refractivity contribution in [3.8, 4) is 5.75 Å². The molecule has 0 saturated carbocycles. The average Bonchev–Trinajstić information content (AvgIpc) is 2.99. The highest BCUT2D eigenvalue weighted by molar-refractivity contribution is 7.99. The SMILES string of the molecule is COc1cc2c(cc1NC(=O)CC1CSCCN1)oc1ccccc12.Cl. The van der Waals surface area contributed by atoms with Gasteiger partial charge in [0.15, 0.2) is 0 Å². The Bertz CT molecular complexity index is 922. The van der Waals surface area contributed by atoms with E-state index < -0.39 is 0 Å². The van der Waals surface area contributed by atoms with E-state index in [-0.39, 0.29) is 24.4 Å². The molecule has 0 aliphatic carbocycles. The molecule has 1 aromatic heterocycles. The first kappa shape index (κ1) is 18.9. The molecule has 1 aliphatic heterocycles. The molecule has 2 heterocycles. The van der Waals surface area contributed by atoms with Crippen LogP contribution in [-0.2, 0) is 4.79 Å². The molecule has 0 spiro atoms. The van der Waals surface area contributed by atoms with E-state index in [2.05, 4.69) is 10.6 Å². The standard InChI is InChI=1S/C19H20N2O3S.ClH/c1-23-18-9-14-13-4-2-3-5-16(13)24-17(14)10-15(18)21-19(22)8-12-11-25-7-6-20-12;/h2-5,9-10,12,20H,6-8,11H2,1H3,(H,21,22);1H. The molecular weight excluding hydrogens is 372 g/mol. The Morgan fingerprint density at radius 2 is 2.15 bits per heavy atom. The molecule has 4 rings (SSSR count). The second-order valence-electron chi connectivity index (χ2n) is 6.13. The van der Waals surface area contributed by atoms with Gasteiger partial charge in [-0.05, 0) is 12.1 Å². The van der Waals surface area contributed by atoms with Crippen LogP contribution < -0.4 is 15.4 Å². The number of carbonyl (C=O) groups is 1.